The Morgan fingerprint density at radius 3 is 2.81 bits per heavy atom. The van der Waals surface area contributed by atoms with Gasteiger partial charge in [0.15, 0.2) is 0 Å². The molecule has 0 bridgehead atoms. The van der Waals surface area contributed by atoms with Crippen molar-refractivity contribution in [3.05, 3.63) is 28.0 Å². The SMILES string of the molecule is CCNC1c2cc(Br)c(F)cc2OC1CC. The fourth-order valence-corrected chi connectivity index (χ4v) is 2.46. The summed E-state index contributed by atoms with van der Waals surface area (Å²) in [6.45, 7) is 5.01. The van der Waals surface area contributed by atoms with Gasteiger partial charge in [-0.25, -0.2) is 4.39 Å². The molecule has 1 heterocycles. The highest BCUT2D eigenvalue weighted by molar-refractivity contribution is 9.10. The number of hydrogen-bond acceptors (Lipinski definition) is 2. The quantitative estimate of drug-likeness (QED) is 0.920. The van der Waals surface area contributed by atoms with Crippen LogP contribution >= 0.6 is 15.9 Å². The second-order valence-electron chi connectivity index (χ2n) is 3.90. The predicted molar refractivity (Wildman–Crippen MR) is 65.2 cm³/mol. The normalized spacial score (nSPS) is 23.0. The van der Waals surface area contributed by atoms with Crippen LogP contribution in [0, 0.1) is 5.82 Å². The van der Waals surface area contributed by atoms with Crippen molar-refractivity contribution in [3.63, 3.8) is 0 Å². The Hall–Kier alpha value is -0.610. The van der Waals surface area contributed by atoms with E-state index in [-0.39, 0.29) is 18.0 Å². The first-order valence-electron chi connectivity index (χ1n) is 5.56. The number of fused-ring (bicyclic) bond motifs is 1. The zero-order valence-corrected chi connectivity index (χ0v) is 11.0. The van der Waals surface area contributed by atoms with Gasteiger partial charge in [0.1, 0.15) is 17.7 Å². The van der Waals surface area contributed by atoms with Crippen molar-refractivity contribution in [2.45, 2.75) is 32.4 Å². The molecule has 0 aromatic heterocycles. The summed E-state index contributed by atoms with van der Waals surface area (Å²) >= 11 is 3.21. The van der Waals surface area contributed by atoms with Crippen molar-refractivity contribution in [2.24, 2.45) is 0 Å². The van der Waals surface area contributed by atoms with Crippen LogP contribution in [0.15, 0.2) is 16.6 Å². The number of rotatable bonds is 3. The van der Waals surface area contributed by atoms with E-state index in [0.717, 1.165) is 18.5 Å². The Balaban J connectivity index is 2.38. The number of likely N-dealkylation sites (N-methyl/N-ethyl adjacent to an activating group) is 1. The minimum Gasteiger partial charge on any atom is -0.488 e. The summed E-state index contributed by atoms with van der Waals surface area (Å²) in [5, 5.41) is 3.38. The highest BCUT2D eigenvalue weighted by Crippen LogP contribution is 2.40. The zero-order valence-electron chi connectivity index (χ0n) is 9.39. The largest absolute Gasteiger partial charge is 0.488 e. The van der Waals surface area contributed by atoms with Crippen LogP contribution in [0.25, 0.3) is 0 Å². The maximum Gasteiger partial charge on any atom is 0.141 e. The molecule has 2 nitrogen and oxygen atoms in total. The molecule has 1 N–H and O–H groups in total. The molecule has 0 fully saturated rings. The summed E-state index contributed by atoms with van der Waals surface area (Å²) in [4.78, 5) is 0. The predicted octanol–water partition coefficient (Wildman–Crippen LogP) is 3.41. The lowest BCUT2D eigenvalue weighted by molar-refractivity contribution is 0.186. The molecule has 1 aliphatic rings. The lowest BCUT2D eigenvalue weighted by Gasteiger charge is -2.17. The summed E-state index contributed by atoms with van der Waals surface area (Å²) < 4.78 is 19.6. The van der Waals surface area contributed by atoms with Crippen molar-refractivity contribution in [1.29, 1.82) is 0 Å². The van der Waals surface area contributed by atoms with Crippen LogP contribution in [0.1, 0.15) is 31.9 Å². The molecule has 2 rings (SSSR count). The van der Waals surface area contributed by atoms with E-state index in [2.05, 4.69) is 35.1 Å². The average molecular weight is 288 g/mol. The summed E-state index contributed by atoms with van der Waals surface area (Å²) in [6.07, 6.45) is 1.01. The zero-order chi connectivity index (χ0) is 11.7. The molecule has 2 unspecified atom stereocenters. The van der Waals surface area contributed by atoms with Crippen LogP contribution in [0.4, 0.5) is 4.39 Å². The van der Waals surface area contributed by atoms with E-state index in [1.807, 2.05) is 6.07 Å². The first-order chi connectivity index (χ1) is 7.67. The van der Waals surface area contributed by atoms with Gasteiger partial charge in [-0.15, -0.1) is 0 Å². The van der Waals surface area contributed by atoms with Crippen LogP contribution < -0.4 is 10.1 Å². The van der Waals surface area contributed by atoms with E-state index in [1.54, 1.807) is 0 Å². The minimum absolute atomic E-state index is 0.101. The van der Waals surface area contributed by atoms with Crippen molar-refractivity contribution in [1.82, 2.24) is 5.32 Å². The lowest BCUT2D eigenvalue weighted by atomic mass is 10.0. The second-order valence-corrected chi connectivity index (χ2v) is 4.76. The van der Waals surface area contributed by atoms with E-state index in [9.17, 15) is 4.39 Å². The van der Waals surface area contributed by atoms with E-state index in [4.69, 9.17) is 4.74 Å². The molecule has 0 saturated heterocycles. The van der Waals surface area contributed by atoms with Gasteiger partial charge in [-0.2, -0.15) is 0 Å². The molecule has 88 valence electrons. The van der Waals surface area contributed by atoms with Gasteiger partial charge in [-0.1, -0.05) is 13.8 Å². The maximum absolute atomic E-state index is 13.4. The molecule has 0 amide bonds. The Labute approximate surface area is 103 Å². The number of ether oxygens (including phenoxy) is 1. The van der Waals surface area contributed by atoms with Crippen LogP contribution in [0.3, 0.4) is 0 Å². The first kappa shape index (κ1) is 11.9. The summed E-state index contributed by atoms with van der Waals surface area (Å²) in [6, 6.07) is 3.44. The Kier molecular flexibility index (Phi) is 3.50. The molecular weight excluding hydrogens is 273 g/mol. The highest BCUT2D eigenvalue weighted by Gasteiger charge is 2.33. The molecule has 0 saturated carbocycles. The van der Waals surface area contributed by atoms with Gasteiger partial charge in [0.05, 0.1) is 10.5 Å². The molecule has 1 aromatic carbocycles. The molecule has 1 aliphatic heterocycles. The third-order valence-corrected chi connectivity index (χ3v) is 3.47. The standard InChI is InChI=1S/C12H15BrFNO/c1-3-10-12(15-4-2)7-5-8(13)9(14)6-11(7)16-10/h5-6,10,12,15H,3-4H2,1-2H3. The monoisotopic (exact) mass is 287 g/mol. The summed E-state index contributed by atoms with van der Waals surface area (Å²) in [7, 11) is 0. The van der Waals surface area contributed by atoms with E-state index in [0.29, 0.717) is 10.2 Å². The molecule has 0 spiro atoms. The summed E-state index contributed by atoms with van der Waals surface area (Å²) in [5.41, 5.74) is 1.04. The molecular formula is C12H15BrFNO. The summed E-state index contributed by atoms with van der Waals surface area (Å²) in [5.74, 6) is 0.393. The average Bonchev–Trinajstić information content (AvgIpc) is 2.58. The van der Waals surface area contributed by atoms with Crippen molar-refractivity contribution in [3.8, 4) is 5.75 Å². The van der Waals surface area contributed by atoms with E-state index in [1.165, 1.54) is 6.07 Å². The Bertz CT molecular complexity index is 397. The fraction of sp³-hybridized carbons (Fsp3) is 0.500. The van der Waals surface area contributed by atoms with Gasteiger partial charge >= 0.3 is 0 Å². The lowest BCUT2D eigenvalue weighted by Crippen LogP contribution is -2.30. The topological polar surface area (TPSA) is 21.3 Å². The molecule has 4 heteroatoms. The van der Waals surface area contributed by atoms with Crippen LogP contribution in [-0.2, 0) is 0 Å². The number of halogens is 2. The minimum atomic E-state index is -0.272. The number of hydrogen-bond donors (Lipinski definition) is 1. The fourth-order valence-electron chi connectivity index (χ4n) is 2.10. The molecule has 0 radical (unpaired) electrons. The van der Waals surface area contributed by atoms with Gasteiger partial charge in [0.25, 0.3) is 0 Å². The highest BCUT2D eigenvalue weighted by atomic mass is 79.9. The van der Waals surface area contributed by atoms with Crippen LogP contribution in [0.5, 0.6) is 5.75 Å². The first-order valence-corrected chi connectivity index (χ1v) is 6.35. The molecule has 1 aromatic rings. The van der Waals surface area contributed by atoms with Gasteiger partial charge in [0, 0.05) is 11.6 Å². The van der Waals surface area contributed by atoms with Gasteiger partial charge in [-0.05, 0) is 35.0 Å². The molecule has 0 aliphatic carbocycles. The van der Waals surface area contributed by atoms with E-state index >= 15 is 0 Å². The smallest absolute Gasteiger partial charge is 0.141 e. The Morgan fingerprint density at radius 2 is 2.19 bits per heavy atom. The molecule has 16 heavy (non-hydrogen) atoms. The number of benzene rings is 1. The van der Waals surface area contributed by atoms with Crippen LogP contribution in [0.2, 0.25) is 0 Å². The second kappa shape index (κ2) is 4.72. The van der Waals surface area contributed by atoms with Crippen molar-refractivity contribution >= 4 is 15.9 Å². The Morgan fingerprint density at radius 1 is 1.44 bits per heavy atom. The third-order valence-electron chi connectivity index (χ3n) is 2.86. The van der Waals surface area contributed by atoms with Gasteiger partial charge in [-0.3, -0.25) is 0 Å². The van der Waals surface area contributed by atoms with Crippen LogP contribution in [-0.4, -0.2) is 12.6 Å². The molecule has 2 atom stereocenters. The van der Waals surface area contributed by atoms with Crippen molar-refractivity contribution < 1.29 is 9.13 Å². The van der Waals surface area contributed by atoms with Gasteiger partial charge < -0.3 is 10.1 Å². The van der Waals surface area contributed by atoms with E-state index < -0.39 is 0 Å². The maximum atomic E-state index is 13.4. The third kappa shape index (κ3) is 1.96. The van der Waals surface area contributed by atoms with Gasteiger partial charge in [0.2, 0.25) is 0 Å². The number of nitrogens with one attached hydrogen (secondary N) is 1. The van der Waals surface area contributed by atoms with Crippen molar-refractivity contribution in [2.75, 3.05) is 6.54 Å².